The number of H-pyrrole nitrogens is 1. The molecule has 0 aliphatic carbocycles. The first kappa shape index (κ1) is 11.3. The molecular formula is C13H12ClN3O. The van der Waals surface area contributed by atoms with Gasteiger partial charge < -0.3 is 10.3 Å². The number of carbonyl (C=O) groups is 1. The summed E-state index contributed by atoms with van der Waals surface area (Å²) in [6.45, 7) is 0.734. The molecular weight excluding hydrogens is 250 g/mol. The number of aromatic amines is 1. The minimum atomic E-state index is -0.00912. The van der Waals surface area contributed by atoms with Crippen LogP contribution in [0.25, 0.3) is 11.3 Å². The summed E-state index contributed by atoms with van der Waals surface area (Å²) in [6, 6.07) is 5.53. The van der Waals surface area contributed by atoms with Crippen LogP contribution >= 0.6 is 11.6 Å². The van der Waals surface area contributed by atoms with Crippen LogP contribution in [-0.2, 0) is 6.42 Å². The Kier molecular flexibility index (Phi) is 2.80. The van der Waals surface area contributed by atoms with E-state index in [-0.39, 0.29) is 5.91 Å². The maximum absolute atomic E-state index is 11.8. The number of nitrogens with one attached hydrogen (secondary N) is 2. The second-order valence-corrected chi connectivity index (χ2v) is 4.69. The summed E-state index contributed by atoms with van der Waals surface area (Å²) in [5, 5.41) is 3.33. The van der Waals surface area contributed by atoms with Crippen LogP contribution in [0.2, 0.25) is 5.15 Å². The fraction of sp³-hybridized carbons (Fsp3) is 0.231. The van der Waals surface area contributed by atoms with Gasteiger partial charge >= 0.3 is 0 Å². The van der Waals surface area contributed by atoms with Crippen LogP contribution in [0.5, 0.6) is 0 Å². The van der Waals surface area contributed by atoms with E-state index in [1.54, 1.807) is 12.3 Å². The Bertz CT molecular complexity index is 606. The lowest BCUT2D eigenvalue weighted by Crippen LogP contribution is -2.22. The van der Waals surface area contributed by atoms with E-state index in [4.69, 9.17) is 11.6 Å². The van der Waals surface area contributed by atoms with Gasteiger partial charge in [0.15, 0.2) is 0 Å². The highest BCUT2D eigenvalue weighted by molar-refractivity contribution is 6.29. The first-order valence-electron chi connectivity index (χ1n) is 5.86. The van der Waals surface area contributed by atoms with Gasteiger partial charge in [0.1, 0.15) is 5.15 Å². The van der Waals surface area contributed by atoms with Crippen molar-refractivity contribution in [3.05, 3.63) is 40.8 Å². The molecule has 5 heteroatoms. The highest BCUT2D eigenvalue weighted by atomic mass is 35.5. The van der Waals surface area contributed by atoms with E-state index in [9.17, 15) is 4.79 Å². The third kappa shape index (κ3) is 1.99. The summed E-state index contributed by atoms with van der Waals surface area (Å²) < 4.78 is 0. The maximum Gasteiger partial charge on any atom is 0.253 e. The molecule has 0 spiro atoms. The molecule has 3 rings (SSSR count). The number of hydrogen-bond donors (Lipinski definition) is 2. The number of hydrogen-bond acceptors (Lipinski definition) is 2. The van der Waals surface area contributed by atoms with E-state index >= 15 is 0 Å². The molecule has 0 saturated heterocycles. The molecule has 2 aromatic rings. The number of aromatic nitrogens is 2. The van der Waals surface area contributed by atoms with Crippen LogP contribution in [-0.4, -0.2) is 22.4 Å². The first-order valence-corrected chi connectivity index (χ1v) is 6.24. The van der Waals surface area contributed by atoms with Gasteiger partial charge in [-0.3, -0.25) is 4.79 Å². The first-order chi connectivity index (χ1) is 8.74. The molecule has 0 fully saturated rings. The number of fused-ring (bicyclic) bond motifs is 1. The third-order valence-corrected chi connectivity index (χ3v) is 3.28. The largest absolute Gasteiger partial charge is 0.358 e. The molecule has 4 nitrogen and oxygen atoms in total. The van der Waals surface area contributed by atoms with Crippen LogP contribution in [0.3, 0.4) is 0 Å². The smallest absolute Gasteiger partial charge is 0.253 e. The third-order valence-electron chi connectivity index (χ3n) is 3.07. The van der Waals surface area contributed by atoms with E-state index in [2.05, 4.69) is 15.3 Å². The summed E-state index contributed by atoms with van der Waals surface area (Å²) >= 11 is 5.87. The van der Waals surface area contributed by atoms with Gasteiger partial charge in [-0.1, -0.05) is 11.6 Å². The van der Waals surface area contributed by atoms with Crippen molar-refractivity contribution in [3.63, 3.8) is 0 Å². The molecule has 1 amide bonds. The lowest BCUT2D eigenvalue weighted by atomic mass is 10.1. The molecule has 0 aromatic carbocycles. The molecule has 2 N–H and O–H groups in total. The van der Waals surface area contributed by atoms with Crippen molar-refractivity contribution in [1.29, 1.82) is 0 Å². The average molecular weight is 262 g/mol. The number of amides is 1. The van der Waals surface area contributed by atoms with Gasteiger partial charge in [0.25, 0.3) is 5.91 Å². The highest BCUT2D eigenvalue weighted by Crippen LogP contribution is 2.25. The number of halogens is 1. The van der Waals surface area contributed by atoms with E-state index in [0.717, 1.165) is 41.9 Å². The van der Waals surface area contributed by atoms with Crippen molar-refractivity contribution in [2.45, 2.75) is 12.8 Å². The second kappa shape index (κ2) is 4.46. The molecule has 1 aliphatic rings. The van der Waals surface area contributed by atoms with Gasteiger partial charge in [0.2, 0.25) is 0 Å². The molecule has 1 aliphatic heterocycles. The Labute approximate surface area is 109 Å². The molecule has 18 heavy (non-hydrogen) atoms. The van der Waals surface area contributed by atoms with Crippen molar-refractivity contribution >= 4 is 17.5 Å². The Balaban J connectivity index is 2.05. The standard InChI is InChI=1S/C13H12ClN3O/c14-12-6-8(3-5-15-12)11-7-9-10(17-11)2-1-4-16-13(9)18/h3,5-7,17H,1-2,4H2,(H,16,18). The Morgan fingerprint density at radius 1 is 1.33 bits per heavy atom. The monoisotopic (exact) mass is 261 g/mol. The second-order valence-electron chi connectivity index (χ2n) is 4.30. The van der Waals surface area contributed by atoms with Gasteiger partial charge in [-0.2, -0.15) is 0 Å². The lowest BCUT2D eigenvalue weighted by Gasteiger charge is -1.99. The number of nitrogens with zero attached hydrogens (tertiary/aromatic N) is 1. The van der Waals surface area contributed by atoms with Crippen LogP contribution in [0.15, 0.2) is 24.4 Å². The van der Waals surface area contributed by atoms with Crippen LogP contribution in [0.1, 0.15) is 22.5 Å². The fourth-order valence-electron chi connectivity index (χ4n) is 2.19. The Hall–Kier alpha value is -1.81. The van der Waals surface area contributed by atoms with Gasteiger partial charge in [-0.15, -0.1) is 0 Å². The van der Waals surface area contributed by atoms with Crippen molar-refractivity contribution in [1.82, 2.24) is 15.3 Å². The predicted octanol–water partition coefficient (Wildman–Crippen LogP) is 2.41. The molecule has 0 radical (unpaired) electrons. The predicted molar refractivity (Wildman–Crippen MR) is 69.7 cm³/mol. The maximum atomic E-state index is 11.8. The molecule has 92 valence electrons. The fourth-order valence-corrected chi connectivity index (χ4v) is 2.36. The molecule has 3 heterocycles. The minimum Gasteiger partial charge on any atom is -0.358 e. The number of aryl methyl sites for hydroxylation is 1. The van der Waals surface area contributed by atoms with Gasteiger partial charge in [0.05, 0.1) is 5.56 Å². The zero-order valence-electron chi connectivity index (χ0n) is 9.66. The Morgan fingerprint density at radius 2 is 2.22 bits per heavy atom. The summed E-state index contributed by atoms with van der Waals surface area (Å²) in [4.78, 5) is 19.1. The zero-order valence-corrected chi connectivity index (χ0v) is 10.4. The van der Waals surface area contributed by atoms with Crippen molar-refractivity contribution in [2.75, 3.05) is 6.54 Å². The summed E-state index contributed by atoms with van der Waals surface area (Å²) in [7, 11) is 0. The van der Waals surface area contributed by atoms with Crippen LogP contribution in [0, 0.1) is 0 Å². The van der Waals surface area contributed by atoms with E-state index in [1.165, 1.54) is 0 Å². The number of carbonyl (C=O) groups excluding carboxylic acids is 1. The van der Waals surface area contributed by atoms with Crippen LogP contribution < -0.4 is 5.32 Å². The molecule has 0 unspecified atom stereocenters. The summed E-state index contributed by atoms with van der Waals surface area (Å²) in [6.07, 6.45) is 3.49. The molecule has 0 saturated carbocycles. The van der Waals surface area contributed by atoms with Gasteiger partial charge in [-0.25, -0.2) is 4.98 Å². The topological polar surface area (TPSA) is 57.8 Å². The van der Waals surface area contributed by atoms with E-state index < -0.39 is 0 Å². The zero-order chi connectivity index (χ0) is 12.5. The summed E-state index contributed by atoms with van der Waals surface area (Å²) in [5.74, 6) is -0.00912. The highest BCUT2D eigenvalue weighted by Gasteiger charge is 2.18. The Morgan fingerprint density at radius 3 is 3.06 bits per heavy atom. The number of pyridine rings is 1. The average Bonchev–Trinajstić information content (AvgIpc) is 2.71. The van der Waals surface area contributed by atoms with E-state index in [0.29, 0.717) is 5.15 Å². The summed E-state index contributed by atoms with van der Waals surface area (Å²) in [5.41, 5.74) is 3.57. The molecule has 0 bridgehead atoms. The van der Waals surface area contributed by atoms with Crippen molar-refractivity contribution in [2.24, 2.45) is 0 Å². The molecule has 2 aromatic heterocycles. The quantitative estimate of drug-likeness (QED) is 0.775. The van der Waals surface area contributed by atoms with Crippen LogP contribution in [0.4, 0.5) is 0 Å². The lowest BCUT2D eigenvalue weighted by molar-refractivity contribution is 0.0956. The minimum absolute atomic E-state index is 0.00912. The molecule has 0 atom stereocenters. The van der Waals surface area contributed by atoms with Gasteiger partial charge in [-0.05, 0) is 31.0 Å². The normalized spacial score (nSPS) is 14.8. The van der Waals surface area contributed by atoms with Crippen molar-refractivity contribution in [3.8, 4) is 11.3 Å². The SMILES string of the molecule is O=C1NCCCc2[nH]c(-c3ccnc(Cl)c3)cc21. The van der Waals surface area contributed by atoms with Crippen molar-refractivity contribution < 1.29 is 4.79 Å². The van der Waals surface area contributed by atoms with E-state index in [1.807, 2.05) is 12.1 Å². The number of rotatable bonds is 1. The van der Waals surface area contributed by atoms with Gasteiger partial charge in [0, 0.05) is 29.7 Å².